The van der Waals surface area contributed by atoms with E-state index in [2.05, 4.69) is 16.4 Å². The Labute approximate surface area is 85.8 Å². The number of carboxylic acid groups (broad SMARTS) is 1. The van der Waals surface area contributed by atoms with Crippen LogP contribution in [0.4, 0.5) is 0 Å². The molecule has 0 saturated heterocycles. The molecule has 1 N–H and O–H groups in total. The van der Waals surface area contributed by atoms with Crippen LogP contribution in [0.3, 0.4) is 0 Å². The molecule has 0 radical (unpaired) electrons. The first kappa shape index (κ1) is 13.1. The van der Waals surface area contributed by atoms with E-state index in [1.54, 1.807) is 6.08 Å². The van der Waals surface area contributed by atoms with Gasteiger partial charge in [-0.15, -0.1) is 6.58 Å². The average Bonchev–Trinajstić information content (AvgIpc) is 2.09. The quantitative estimate of drug-likeness (QED) is 0.580. The molecule has 0 rings (SSSR count). The maximum atomic E-state index is 10.4. The van der Waals surface area contributed by atoms with Gasteiger partial charge in [0.1, 0.15) is 0 Å². The maximum Gasteiger partial charge on any atom is 0.304 e. The molecule has 0 bridgehead atoms. The molecule has 0 atom stereocenters. The Morgan fingerprint density at radius 3 is 2.43 bits per heavy atom. The van der Waals surface area contributed by atoms with Gasteiger partial charge < -0.3 is 10.0 Å². The molecule has 4 heteroatoms. The van der Waals surface area contributed by atoms with Crippen molar-refractivity contribution in [1.82, 2.24) is 9.80 Å². The summed E-state index contributed by atoms with van der Waals surface area (Å²) in [5.41, 5.74) is 0. The predicted molar refractivity (Wildman–Crippen MR) is 57.4 cm³/mol. The normalized spacial score (nSPS) is 10.9. The van der Waals surface area contributed by atoms with Crippen molar-refractivity contribution < 1.29 is 9.90 Å². The third kappa shape index (κ3) is 7.76. The summed E-state index contributed by atoms with van der Waals surface area (Å²) in [4.78, 5) is 14.5. The number of nitrogens with zero attached hydrogens (tertiary/aromatic N) is 2. The van der Waals surface area contributed by atoms with Crippen molar-refractivity contribution in [3.63, 3.8) is 0 Å². The van der Waals surface area contributed by atoms with Crippen LogP contribution in [0.25, 0.3) is 0 Å². The van der Waals surface area contributed by atoms with Crippen LogP contribution in [0.5, 0.6) is 0 Å². The highest BCUT2D eigenvalue weighted by molar-refractivity contribution is 5.66. The van der Waals surface area contributed by atoms with Crippen LogP contribution < -0.4 is 0 Å². The van der Waals surface area contributed by atoms with Gasteiger partial charge in [0.15, 0.2) is 0 Å². The fourth-order valence-corrected chi connectivity index (χ4v) is 1.07. The molecule has 0 unspecified atom stereocenters. The van der Waals surface area contributed by atoms with Gasteiger partial charge >= 0.3 is 5.97 Å². The fraction of sp³-hybridized carbons (Fsp3) is 0.700. The number of hydrogen-bond acceptors (Lipinski definition) is 3. The molecule has 82 valence electrons. The maximum absolute atomic E-state index is 10.4. The summed E-state index contributed by atoms with van der Waals surface area (Å²) in [6.07, 6.45) is 2.00. The lowest BCUT2D eigenvalue weighted by Crippen LogP contribution is -2.33. The van der Waals surface area contributed by atoms with E-state index < -0.39 is 5.97 Å². The first-order valence-electron chi connectivity index (χ1n) is 4.76. The minimum atomic E-state index is -0.746. The smallest absolute Gasteiger partial charge is 0.304 e. The van der Waals surface area contributed by atoms with E-state index in [1.807, 2.05) is 14.1 Å². The Hall–Kier alpha value is -0.870. The zero-order valence-electron chi connectivity index (χ0n) is 9.07. The summed E-state index contributed by atoms with van der Waals surface area (Å²) in [7, 11) is 4.01. The van der Waals surface area contributed by atoms with Gasteiger partial charge in [-0.25, -0.2) is 0 Å². The molecule has 0 heterocycles. The summed E-state index contributed by atoms with van der Waals surface area (Å²) < 4.78 is 0. The molecular weight excluding hydrogens is 180 g/mol. The zero-order chi connectivity index (χ0) is 11.0. The third-order valence-corrected chi connectivity index (χ3v) is 1.89. The highest BCUT2D eigenvalue weighted by atomic mass is 16.4. The van der Waals surface area contributed by atoms with Gasteiger partial charge in [-0.2, -0.15) is 0 Å². The fourth-order valence-electron chi connectivity index (χ4n) is 1.07. The molecule has 0 aromatic carbocycles. The molecule has 14 heavy (non-hydrogen) atoms. The van der Waals surface area contributed by atoms with E-state index in [9.17, 15) is 4.79 Å². The summed E-state index contributed by atoms with van der Waals surface area (Å²) in [6, 6.07) is 0. The molecule has 0 spiro atoms. The Balaban J connectivity index is 3.76. The van der Waals surface area contributed by atoms with Gasteiger partial charge in [-0.05, 0) is 14.1 Å². The first-order valence-corrected chi connectivity index (χ1v) is 4.76. The number of carboxylic acids is 1. The topological polar surface area (TPSA) is 43.8 Å². The van der Waals surface area contributed by atoms with Crippen LogP contribution in [0, 0.1) is 0 Å². The number of hydrogen-bond donors (Lipinski definition) is 1. The van der Waals surface area contributed by atoms with E-state index in [4.69, 9.17) is 5.11 Å². The van der Waals surface area contributed by atoms with Crippen molar-refractivity contribution in [3.05, 3.63) is 12.7 Å². The Morgan fingerprint density at radius 2 is 2.00 bits per heavy atom. The van der Waals surface area contributed by atoms with E-state index in [0.29, 0.717) is 6.54 Å². The second kappa shape index (κ2) is 7.53. The standard InChI is InChI=1S/C10H20N2O2/c1-4-6-12(7-5-10(13)14)9-8-11(2)3/h4H,1,5-9H2,2-3H3,(H,13,14). The molecule has 0 amide bonds. The lowest BCUT2D eigenvalue weighted by molar-refractivity contribution is -0.137. The minimum absolute atomic E-state index is 0.196. The van der Waals surface area contributed by atoms with Crippen LogP contribution in [0.2, 0.25) is 0 Å². The van der Waals surface area contributed by atoms with Crippen molar-refractivity contribution in [2.45, 2.75) is 6.42 Å². The summed E-state index contributed by atoms with van der Waals surface area (Å²) in [6.45, 7) is 6.81. The number of likely N-dealkylation sites (N-methyl/N-ethyl adjacent to an activating group) is 1. The predicted octanol–water partition coefficient (Wildman–Crippen LogP) is 0.511. The van der Waals surface area contributed by atoms with Crippen molar-refractivity contribution in [1.29, 1.82) is 0 Å². The molecule has 0 aromatic rings. The van der Waals surface area contributed by atoms with Crippen molar-refractivity contribution in [2.24, 2.45) is 0 Å². The highest BCUT2D eigenvalue weighted by Crippen LogP contribution is 1.93. The summed E-state index contributed by atoms with van der Waals surface area (Å²) in [5.74, 6) is -0.746. The van der Waals surface area contributed by atoms with Crippen LogP contribution in [-0.2, 0) is 4.79 Å². The van der Waals surface area contributed by atoms with E-state index in [1.165, 1.54) is 0 Å². The number of aliphatic carboxylic acids is 1. The van der Waals surface area contributed by atoms with Gasteiger partial charge in [0, 0.05) is 26.2 Å². The molecule has 0 aromatic heterocycles. The Morgan fingerprint density at radius 1 is 1.36 bits per heavy atom. The van der Waals surface area contributed by atoms with Gasteiger partial charge in [0.05, 0.1) is 6.42 Å². The molecule has 0 aliphatic rings. The van der Waals surface area contributed by atoms with Crippen molar-refractivity contribution in [3.8, 4) is 0 Å². The van der Waals surface area contributed by atoms with Crippen molar-refractivity contribution in [2.75, 3.05) is 40.3 Å². The second-order valence-corrected chi connectivity index (χ2v) is 3.54. The van der Waals surface area contributed by atoms with Gasteiger partial charge in [-0.3, -0.25) is 9.69 Å². The molecule has 0 aliphatic heterocycles. The summed E-state index contributed by atoms with van der Waals surface area (Å²) in [5, 5.41) is 8.55. The Bertz CT molecular complexity index is 181. The van der Waals surface area contributed by atoms with Crippen LogP contribution >= 0.6 is 0 Å². The highest BCUT2D eigenvalue weighted by Gasteiger charge is 2.05. The molecular formula is C10H20N2O2. The van der Waals surface area contributed by atoms with E-state index >= 15 is 0 Å². The van der Waals surface area contributed by atoms with Gasteiger partial charge in [0.2, 0.25) is 0 Å². The van der Waals surface area contributed by atoms with Crippen LogP contribution in [0.15, 0.2) is 12.7 Å². The molecule has 0 saturated carbocycles. The largest absolute Gasteiger partial charge is 0.481 e. The van der Waals surface area contributed by atoms with Crippen LogP contribution in [0.1, 0.15) is 6.42 Å². The first-order chi connectivity index (χ1) is 6.56. The summed E-state index contributed by atoms with van der Waals surface area (Å²) >= 11 is 0. The van der Waals surface area contributed by atoms with E-state index in [0.717, 1.165) is 19.6 Å². The SMILES string of the molecule is C=CCN(CCC(=O)O)CCN(C)C. The van der Waals surface area contributed by atoms with Crippen LogP contribution in [-0.4, -0.2) is 61.2 Å². The van der Waals surface area contributed by atoms with Gasteiger partial charge in [0.25, 0.3) is 0 Å². The molecule has 0 aliphatic carbocycles. The number of carbonyl (C=O) groups is 1. The number of rotatable bonds is 8. The average molecular weight is 200 g/mol. The lowest BCUT2D eigenvalue weighted by atomic mass is 10.3. The van der Waals surface area contributed by atoms with Crippen molar-refractivity contribution >= 4 is 5.97 Å². The minimum Gasteiger partial charge on any atom is -0.481 e. The van der Waals surface area contributed by atoms with Gasteiger partial charge in [-0.1, -0.05) is 6.08 Å². The second-order valence-electron chi connectivity index (χ2n) is 3.54. The molecule has 0 fully saturated rings. The zero-order valence-corrected chi connectivity index (χ0v) is 9.07. The van der Waals surface area contributed by atoms with E-state index in [-0.39, 0.29) is 6.42 Å². The monoisotopic (exact) mass is 200 g/mol. The molecule has 4 nitrogen and oxygen atoms in total. The third-order valence-electron chi connectivity index (χ3n) is 1.89. The Kier molecular flexibility index (Phi) is 7.06. The lowest BCUT2D eigenvalue weighted by Gasteiger charge is -2.21.